The second-order valence-corrected chi connectivity index (χ2v) is 4.98. The van der Waals surface area contributed by atoms with E-state index in [9.17, 15) is 4.79 Å². The highest BCUT2D eigenvalue weighted by molar-refractivity contribution is 5.79. The van der Waals surface area contributed by atoms with Crippen molar-refractivity contribution in [2.45, 2.75) is 32.4 Å². The summed E-state index contributed by atoms with van der Waals surface area (Å²) in [6, 6.07) is 7.94. The number of benzene rings is 1. The van der Waals surface area contributed by atoms with Crippen LogP contribution >= 0.6 is 0 Å². The van der Waals surface area contributed by atoms with E-state index in [0.717, 1.165) is 5.75 Å². The van der Waals surface area contributed by atoms with Gasteiger partial charge in [-0.3, -0.25) is 4.79 Å². The highest BCUT2D eigenvalue weighted by Crippen LogP contribution is 2.16. The highest BCUT2D eigenvalue weighted by Gasteiger charge is 2.30. The molecule has 1 heterocycles. The summed E-state index contributed by atoms with van der Waals surface area (Å²) in [5.41, 5.74) is 6.98. The van der Waals surface area contributed by atoms with Gasteiger partial charge in [0.25, 0.3) is 0 Å². The molecular formula is C14H20N2O2. The minimum Gasteiger partial charge on any atom is -0.491 e. The summed E-state index contributed by atoms with van der Waals surface area (Å²) in [5, 5.41) is 0. The van der Waals surface area contributed by atoms with Gasteiger partial charge in [0, 0.05) is 19.0 Å². The summed E-state index contributed by atoms with van der Waals surface area (Å²) in [6.07, 6.45) is 0.453. The summed E-state index contributed by atoms with van der Waals surface area (Å²) < 4.78 is 5.68. The second kappa shape index (κ2) is 5.40. The van der Waals surface area contributed by atoms with Crippen LogP contribution in [0.25, 0.3) is 0 Å². The zero-order valence-electron chi connectivity index (χ0n) is 10.9. The lowest BCUT2D eigenvalue weighted by molar-refractivity contribution is -0.129. The molecule has 1 saturated heterocycles. The van der Waals surface area contributed by atoms with Gasteiger partial charge < -0.3 is 15.4 Å². The molecule has 1 aromatic carbocycles. The Kier molecular flexibility index (Phi) is 3.87. The van der Waals surface area contributed by atoms with E-state index in [1.165, 1.54) is 5.56 Å². The van der Waals surface area contributed by atoms with Gasteiger partial charge in [0.2, 0.25) is 5.91 Å². The summed E-state index contributed by atoms with van der Waals surface area (Å²) >= 11 is 0. The summed E-state index contributed by atoms with van der Waals surface area (Å²) in [5.74, 6) is 0.964. The maximum Gasteiger partial charge on any atom is 0.224 e. The Balaban J connectivity index is 1.86. The van der Waals surface area contributed by atoms with Crippen LogP contribution in [0, 0.1) is 6.92 Å². The van der Waals surface area contributed by atoms with Gasteiger partial charge in [-0.25, -0.2) is 0 Å². The fourth-order valence-corrected chi connectivity index (χ4v) is 2.13. The molecule has 0 aromatic heterocycles. The number of carbonyl (C=O) groups is 1. The zero-order valence-corrected chi connectivity index (χ0v) is 10.9. The number of likely N-dealkylation sites (tertiary alicyclic amines) is 1. The standard InChI is InChI=1S/C14H20N2O2/c1-10-3-5-13(6-4-10)18-9-11(2)16-8-12(15)7-14(16)17/h3-6,11-12H,7-9,15H2,1-2H3. The molecule has 1 fully saturated rings. The molecule has 0 saturated carbocycles. The van der Waals surface area contributed by atoms with Crippen molar-refractivity contribution in [3.8, 4) is 5.75 Å². The van der Waals surface area contributed by atoms with Crippen molar-refractivity contribution in [1.82, 2.24) is 4.90 Å². The zero-order chi connectivity index (χ0) is 13.1. The number of hydrogen-bond acceptors (Lipinski definition) is 3. The molecule has 4 nitrogen and oxygen atoms in total. The molecule has 2 atom stereocenters. The van der Waals surface area contributed by atoms with Gasteiger partial charge in [-0.15, -0.1) is 0 Å². The lowest BCUT2D eigenvalue weighted by Gasteiger charge is -2.24. The maximum absolute atomic E-state index is 11.7. The predicted molar refractivity (Wildman–Crippen MR) is 70.4 cm³/mol. The molecule has 0 bridgehead atoms. The molecule has 1 aromatic rings. The quantitative estimate of drug-likeness (QED) is 0.874. The third-order valence-electron chi connectivity index (χ3n) is 3.23. The Morgan fingerprint density at radius 3 is 2.67 bits per heavy atom. The number of rotatable bonds is 4. The Hall–Kier alpha value is -1.55. The number of amides is 1. The van der Waals surface area contributed by atoms with Gasteiger partial charge in [-0.1, -0.05) is 17.7 Å². The van der Waals surface area contributed by atoms with Crippen molar-refractivity contribution < 1.29 is 9.53 Å². The average molecular weight is 248 g/mol. The fourth-order valence-electron chi connectivity index (χ4n) is 2.13. The summed E-state index contributed by atoms with van der Waals surface area (Å²) in [7, 11) is 0. The van der Waals surface area contributed by atoms with Crippen LogP contribution in [0.4, 0.5) is 0 Å². The molecule has 2 unspecified atom stereocenters. The summed E-state index contributed by atoms with van der Waals surface area (Å²) in [6.45, 7) is 5.17. The first-order chi connectivity index (χ1) is 8.56. The minimum absolute atomic E-state index is 0.0284. The molecular weight excluding hydrogens is 228 g/mol. The second-order valence-electron chi connectivity index (χ2n) is 4.98. The van der Waals surface area contributed by atoms with Gasteiger partial charge in [0.1, 0.15) is 12.4 Å². The van der Waals surface area contributed by atoms with E-state index < -0.39 is 0 Å². The Morgan fingerprint density at radius 1 is 1.44 bits per heavy atom. The van der Waals surface area contributed by atoms with Crippen LogP contribution in [0.3, 0.4) is 0 Å². The first kappa shape index (κ1) is 12.9. The van der Waals surface area contributed by atoms with Crippen LogP contribution in [-0.4, -0.2) is 36.0 Å². The molecule has 2 N–H and O–H groups in total. The van der Waals surface area contributed by atoms with E-state index in [4.69, 9.17) is 10.5 Å². The molecule has 4 heteroatoms. The number of aryl methyl sites for hydroxylation is 1. The van der Waals surface area contributed by atoms with Crippen molar-refractivity contribution in [3.05, 3.63) is 29.8 Å². The Bertz CT molecular complexity index is 416. The van der Waals surface area contributed by atoms with Gasteiger partial charge >= 0.3 is 0 Å². The maximum atomic E-state index is 11.7. The average Bonchev–Trinajstić information content (AvgIpc) is 2.67. The van der Waals surface area contributed by atoms with E-state index in [1.807, 2.05) is 38.1 Å². The van der Waals surface area contributed by atoms with Crippen molar-refractivity contribution >= 4 is 5.91 Å². The highest BCUT2D eigenvalue weighted by atomic mass is 16.5. The van der Waals surface area contributed by atoms with E-state index in [0.29, 0.717) is 19.6 Å². The van der Waals surface area contributed by atoms with E-state index >= 15 is 0 Å². The summed E-state index contributed by atoms with van der Waals surface area (Å²) in [4.78, 5) is 13.5. The minimum atomic E-state index is -0.0284. The molecule has 1 amide bonds. The molecule has 98 valence electrons. The monoisotopic (exact) mass is 248 g/mol. The van der Waals surface area contributed by atoms with Crippen molar-refractivity contribution in [2.24, 2.45) is 5.73 Å². The third-order valence-corrected chi connectivity index (χ3v) is 3.23. The third kappa shape index (κ3) is 3.01. The Morgan fingerprint density at radius 2 is 2.11 bits per heavy atom. The number of ether oxygens (including phenoxy) is 1. The van der Waals surface area contributed by atoms with Gasteiger partial charge in [-0.05, 0) is 26.0 Å². The molecule has 1 aliphatic rings. The van der Waals surface area contributed by atoms with Crippen molar-refractivity contribution in [1.29, 1.82) is 0 Å². The van der Waals surface area contributed by atoms with E-state index in [1.54, 1.807) is 4.90 Å². The molecule has 0 spiro atoms. The SMILES string of the molecule is Cc1ccc(OCC(C)N2CC(N)CC2=O)cc1. The normalized spacial score (nSPS) is 21.2. The molecule has 0 radical (unpaired) electrons. The fraction of sp³-hybridized carbons (Fsp3) is 0.500. The molecule has 18 heavy (non-hydrogen) atoms. The number of carbonyl (C=O) groups excluding carboxylic acids is 1. The van der Waals surface area contributed by atoms with Crippen LogP contribution in [-0.2, 0) is 4.79 Å². The largest absolute Gasteiger partial charge is 0.491 e. The van der Waals surface area contributed by atoms with Gasteiger partial charge in [0.15, 0.2) is 0 Å². The molecule has 0 aliphatic carbocycles. The van der Waals surface area contributed by atoms with Gasteiger partial charge in [0.05, 0.1) is 6.04 Å². The van der Waals surface area contributed by atoms with E-state index in [-0.39, 0.29) is 18.0 Å². The number of nitrogens with two attached hydrogens (primary N) is 1. The topological polar surface area (TPSA) is 55.6 Å². The predicted octanol–water partition coefficient (Wildman–Crippen LogP) is 1.32. The van der Waals surface area contributed by atoms with Crippen LogP contribution in [0.1, 0.15) is 18.9 Å². The first-order valence-corrected chi connectivity index (χ1v) is 6.31. The molecule has 1 aliphatic heterocycles. The van der Waals surface area contributed by atoms with Crippen LogP contribution in [0.2, 0.25) is 0 Å². The van der Waals surface area contributed by atoms with Crippen molar-refractivity contribution in [3.63, 3.8) is 0 Å². The Labute approximate surface area is 108 Å². The first-order valence-electron chi connectivity index (χ1n) is 6.31. The van der Waals surface area contributed by atoms with Crippen molar-refractivity contribution in [2.75, 3.05) is 13.2 Å². The smallest absolute Gasteiger partial charge is 0.224 e. The van der Waals surface area contributed by atoms with Gasteiger partial charge in [-0.2, -0.15) is 0 Å². The molecule has 2 rings (SSSR count). The van der Waals surface area contributed by atoms with Crippen LogP contribution in [0.5, 0.6) is 5.75 Å². The van der Waals surface area contributed by atoms with Crippen LogP contribution < -0.4 is 10.5 Å². The lowest BCUT2D eigenvalue weighted by Crippen LogP contribution is -2.39. The van der Waals surface area contributed by atoms with E-state index in [2.05, 4.69) is 0 Å². The number of hydrogen-bond donors (Lipinski definition) is 1. The lowest BCUT2D eigenvalue weighted by atomic mass is 10.2. The van der Waals surface area contributed by atoms with Crippen LogP contribution in [0.15, 0.2) is 24.3 Å². The number of nitrogens with zero attached hydrogens (tertiary/aromatic N) is 1.